The summed E-state index contributed by atoms with van der Waals surface area (Å²) in [5, 5.41) is 2.46. The largest absolute Gasteiger partial charge is 0.382 e. The first-order valence-corrected chi connectivity index (χ1v) is 9.46. The fraction of sp³-hybridized carbons (Fsp3) is 0.364. The molecule has 2 amide bonds. The van der Waals surface area contributed by atoms with Gasteiger partial charge in [0.1, 0.15) is 0 Å². The lowest BCUT2D eigenvalue weighted by molar-refractivity contribution is -0.119. The Morgan fingerprint density at radius 2 is 1.89 bits per heavy atom. The number of rotatable bonds is 5. The Labute approximate surface area is 165 Å². The predicted octanol–water partition coefficient (Wildman–Crippen LogP) is 4.29. The van der Waals surface area contributed by atoms with Crippen molar-refractivity contribution in [3.63, 3.8) is 0 Å². The number of carbonyl (C=O) groups is 2. The second-order valence-corrected chi connectivity index (χ2v) is 6.39. The summed E-state index contributed by atoms with van der Waals surface area (Å²) in [4.78, 5) is 35.9. The molecule has 1 saturated heterocycles. The average Bonchev–Trinajstić information content (AvgIpc) is 2.88. The number of allylic oxidation sites excluding steroid dienone is 4. The molecule has 2 aliphatic rings. The number of nitrogens with zero attached hydrogens (tertiary/aromatic N) is 2. The zero-order valence-electron chi connectivity index (χ0n) is 16.6. The van der Waals surface area contributed by atoms with Crippen molar-refractivity contribution in [2.24, 2.45) is 5.18 Å². The van der Waals surface area contributed by atoms with Gasteiger partial charge in [-0.15, -0.1) is 4.91 Å². The molecule has 1 atom stereocenters. The molecule has 1 unspecified atom stereocenters. The van der Waals surface area contributed by atoms with E-state index < -0.39 is 11.8 Å². The molecular weight excluding hydrogens is 356 g/mol. The van der Waals surface area contributed by atoms with Crippen LogP contribution < -0.4 is 4.90 Å². The molecule has 1 aliphatic heterocycles. The van der Waals surface area contributed by atoms with Gasteiger partial charge in [-0.25, -0.2) is 0 Å². The first kappa shape index (κ1) is 21.4. The summed E-state index contributed by atoms with van der Waals surface area (Å²) < 4.78 is 4.83. The van der Waals surface area contributed by atoms with Crippen molar-refractivity contribution in [1.29, 1.82) is 0 Å². The second-order valence-electron chi connectivity index (χ2n) is 6.39. The minimum atomic E-state index is -0.695. The van der Waals surface area contributed by atoms with E-state index in [-0.39, 0.29) is 5.91 Å². The molecule has 0 radical (unpaired) electrons. The summed E-state index contributed by atoms with van der Waals surface area (Å²) in [5.41, 5.74) is 3.26. The van der Waals surface area contributed by atoms with Crippen LogP contribution in [0.3, 0.4) is 0 Å². The number of hydrogen-bond acceptors (Lipinski definition) is 4. The van der Waals surface area contributed by atoms with Crippen LogP contribution in [-0.2, 0) is 14.3 Å². The van der Waals surface area contributed by atoms with Crippen LogP contribution in [0.4, 0.5) is 5.69 Å². The van der Waals surface area contributed by atoms with Crippen LogP contribution in [0.2, 0.25) is 0 Å². The maximum atomic E-state index is 12.5. The van der Waals surface area contributed by atoms with Crippen LogP contribution >= 0.6 is 0 Å². The van der Waals surface area contributed by atoms with Gasteiger partial charge in [0.15, 0.2) is 0 Å². The molecule has 1 aromatic rings. The quantitative estimate of drug-likeness (QED) is 0.712. The highest BCUT2D eigenvalue weighted by Crippen LogP contribution is 2.31. The highest BCUT2D eigenvalue weighted by atomic mass is 16.5. The maximum Gasteiger partial charge on any atom is 0.293 e. The van der Waals surface area contributed by atoms with Crippen LogP contribution in [0, 0.1) is 4.91 Å². The Morgan fingerprint density at radius 3 is 2.46 bits per heavy atom. The molecule has 6 heteroatoms. The highest BCUT2D eigenvalue weighted by Gasteiger charge is 2.31. The molecule has 0 N–H and O–H groups in total. The van der Waals surface area contributed by atoms with E-state index in [0.717, 1.165) is 36.5 Å². The number of benzene rings is 1. The third-order valence-electron chi connectivity index (χ3n) is 4.62. The van der Waals surface area contributed by atoms with E-state index >= 15 is 0 Å². The minimum absolute atomic E-state index is 0.0192. The van der Waals surface area contributed by atoms with Crippen LogP contribution in [0.1, 0.15) is 38.7 Å². The Balaban J connectivity index is 0.000000500. The van der Waals surface area contributed by atoms with E-state index in [0.29, 0.717) is 12.1 Å². The standard InChI is InChI=1S/C18H16N2O3.C4H10O/c1-12(17(21)19-23)13-7-9-15(10-8-13)20-11-14-5-3-2-4-6-16(14)18(20)22;1-3-5-4-2/h2,4-10,12H,3,11H2,1H3;3-4H2,1-2H3. The van der Waals surface area contributed by atoms with Gasteiger partial charge in [-0.2, -0.15) is 0 Å². The molecule has 148 valence electrons. The van der Waals surface area contributed by atoms with Crippen molar-refractivity contribution in [3.8, 4) is 0 Å². The Bertz CT molecular complexity index is 804. The zero-order chi connectivity index (χ0) is 20.5. The topological polar surface area (TPSA) is 76.0 Å². The van der Waals surface area contributed by atoms with E-state index in [1.54, 1.807) is 36.1 Å². The lowest BCUT2D eigenvalue weighted by Gasteiger charge is -2.16. The smallest absolute Gasteiger partial charge is 0.293 e. The number of ether oxygens (including phenoxy) is 1. The van der Waals surface area contributed by atoms with Crippen LogP contribution in [0.15, 0.2) is 64.9 Å². The Kier molecular flexibility index (Phi) is 8.02. The van der Waals surface area contributed by atoms with E-state index in [9.17, 15) is 14.5 Å². The third-order valence-corrected chi connectivity index (χ3v) is 4.62. The van der Waals surface area contributed by atoms with Crippen molar-refractivity contribution >= 4 is 17.5 Å². The highest BCUT2D eigenvalue weighted by molar-refractivity contribution is 6.13. The maximum absolute atomic E-state index is 12.5. The molecule has 0 spiro atoms. The minimum Gasteiger partial charge on any atom is -0.382 e. The predicted molar refractivity (Wildman–Crippen MR) is 110 cm³/mol. The SMILES string of the molecule is CC(C(=O)N=O)c1ccc(N2CC3=CCC=CC=C3C2=O)cc1.CCOCC. The molecule has 1 aliphatic carbocycles. The Hall–Kier alpha value is -2.86. The first-order chi connectivity index (χ1) is 13.5. The van der Waals surface area contributed by atoms with E-state index in [4.69, 9.17) is 4.74 Å². The van der Waals surface area contributed by atoms with Crippen LogP contribution in [0.5, 0.6) is 0 Å². The fourth-order valence-corrected chi connectivity index (χ4v) is 2.99. The molecule has 1 fully saturated rings. The van der Waals surface area contributed by atoms with Crippen LogP contribution in [-0.4, -0.2) is 31.6 Å². The summed E-state index contributed by atoms with van der Waals surface area (Å²) in [7, 11) is 0. The molecule has 0 saturated carbocycles. The van der Waals surface area contributed by atoms with Crippen molar-refractivity contribution in [1.82, 2.24) is 0 Å². The van der Waals surface area contributed by atoms with Gasteiger partial charge in [0.2, 0.25) is 0 Å². The molecule has 1 aromatic carbocycles. The second kappa shape index (κ2) is 10.5. The van der Waals surface area contributed by atoms with Crippen molar-refractivity contribution in [2.45, 2.75) is 33.1 Å². The summed E-state index contributed by atoms with van der Waals surface area (Å²) in [5.74, 6) is -1.29. The molecule has 28 heavy (non-hydrogen) atoms. The monoisotopic (exact) mass is 382 g/mol. The van der Waals surface area contributed by atoms with Gasteiger partial charge in [-0.3, -0.25) is 9.59 Å². The number of nitroso groups, excluding NO2 is 1. The van der Waals surface area contributed by atoms with Gasteiger partial charge in [0.25, 0.3) is 11.8 Å². The molecule has 3 rings (SSSR count). The number of carbonyl (C=O) groups excluding carboxylic acids is 2. The number of anilines is 1. The summed E-state index contributed by atoms with van der Waals surface area (Å²) >= 11 is 0. The van der Waals surface area contributed by atoms with Crippen molar-refractivity contribution in [2.75, 3.05) is 24.7 Å². The molecule has 0 aromatic heterocycles. The van der Waals surface area contributed by atoms with E-state index in [1.807, 2.05) is 32.1 Å². The number of hydrogen-bond donors (Lipinski definition) is 0. The fourth-order valence-electron chi connectivity index (χ4n) is 2.99. The van der Waals surface area contributed by atoms with Crippen LogP contribution in [0.25, 0.3) is 0 Å². The van der Waals surface area contributed by atoms with Crippen molar-refractivity contribution in [3.05, 3.63) is 70.2 Å². The van der Waals surface area contributed by atoms with Gasteiger partial charge >= 0.3 is 0 Å². The van der Waals surface area contributed by atoms with E-state index in [2.05, 4.69) is 11.3 Å². The van der Waals surface area contributed by atoms with Crippen molar-refractivity contribution < 1.29 is 14.3 Å². The molecule has 0 bridgehead atoms. The average molecular weight is 382 g/mol. The zero-order valence-corrected chi connectivity index (χ0v) is 16.6. The normalized spacial score (nSPS) is 16.2. The van der Waals surface area contributed by atoms with E-state index in [1.165, 1.54) is 0 Å². The lowest BCUT2D eigenvalue weighted by Crippen LogP contribution is -2.24. The van der Waals surface area contributed by atoms with Gasteiger partial charge < -0.3 is 9.64 Å². The molecule has 1 heterocycles. The first-order valence-electron chi connectivity index (χ1n) is 9.46. The summed E-state index contributed by atoms with van der Waals surface area (Å²) in [6.07, 6.45) is 8.67. The summed E-state index contributed by atoms with van der Waals surface area (Å²) in [6, 6.07) is 7.11. The molecule has 6 nitrogen and oxygen atoms in total. The Morgan fingerprint density at radius 1 is 1.21 bits per heavy atom. The van der Waals surface area contributed by atoms with Gasteiger partial charge in [0, 0.05) is 29.7 Å². The van der Waals surface area contributed by atoms with Gasteiger partial charge in [-0.1, -0.05) is 30.4 Å². The number of fused-ring (bicyclic) bond motifs is 1. The van der Waals surface area contributed by atoms with Gasteiger partial charge in [0.05, 0.1) is 12.5 Å². The summed E-state index contributed by atoms with van der Waals surface area (Å²) in [6.45, 7) is 7.86. The molecular formula is C22H26N2O4. The number of amides is 2. The third kappa shape index (κ3) is 5.10. The van der Waals surface area contributed by atoms with Gasteiger partial charge in [-0.05, 0) is 56.5 Å². The lowest BCUT2D eigenvalue weighted by atomic mass is 10.0.